The van der Waals surface area contributed by atoms with Crippen LogP contribution in [0.25, 0.3) is 85.3 Å². The normalized spacial score (nSPS) is 14.3. The highest BCUT2D eigenvalue weighted by molar-refractivity contribution is 6.52. The van der Waals surface area contributed by atoms with E-state index < -0.39 is 22.4 Å². The number of allylic oxidation sites excluding steroid dienone is 4. The van der Waals surface area contributed by atoms with Gasteiger partial charge in [0.15, 0.2) is 0 Å². The van der Waals surface area contributed by atoms with Gasteiger partial charge in [0.1, 0.15) is 0 Å². The number of H-pyrrole nitrogens is 2. The zero-order chi connectivity index (χ0) is 40.3. The van der Waals surface area contributed by atoms with Gasteiger partial charge in [0.25, 0.3) is 0 Å². The van der Waals surface area contributed by atoms with Crippen molar-refractivity contribution < 1.29 is 9.59 Å². The standard InChI is InChI=1S/C52H44N4O2/c1-51(2,3)35-30-34(48(52(4,5)6)50(58)49(35)57)47-42-28-26-40(55-42)45(32-18-12-8-13-19-32)38-24-22-36(53-38)44(31-16-10-7-11-17-31)37-23-25-39(54-37)46(33-20-14-9-15-21-33)41-27-29-43(47)56-41/h7-30,53,56H,1-6H3. The number of hydrogen-bond acceptors (Lipinski definition) is 4. The van der Waals surface area contributed by atoms with Crippen molar-refractivity contribution >= 4 is 63.5 Å². The van der Waals surface area contributed by atoms with Gasteiger partial charge in [-0.05, 0) is 87.7 Å². The Balaban J connectivity index is 1.51. The topological polar surface area (TPSA) is 91.5 Å². The summed E-state index contributed by atoms with van der Waals surface area (Å²) in [6.07, 6.45) is 10.2. The fraction of sp³-hybridized carbons (Fsp3) is 0.154. The Morgan fingerprint density at radius 1 is 0.414 bits per heavy atom. The molecular weight excluding hydrogens is 713 g/mol. The molecule has 0 atom stereocenters. The summed E-state index contributed by atoms with van der Waals surface area (Å²) in [6, 6.07) is 39.3. The highest BCUT2D eigenvalue weighted by Crippen LogP contribution is 2.45. The van der Waals surface area contributed by atoms with E-state index in [-0.39, 0.29) is 0 Å². The number of carbonyl (C=O) groups excluding carboxylic acids is 2. The quantitative estimate of drug-likeness (QED) is 0.138. The molecule has 2 aliphatic heterocycles. The summed E-state index contributed by atoms with van der Waals surface area (Å²) in [5.41, 5.74) is 13.7. The number of Topliss-reactive ketones (excluding diaryl/α,β-unsaturated/α-hetero) is 2. The van der Waals surface area contributed by atoms with Gasteiger partial charge in [-0.1, -0.05) is 133 Å². The Morgan fingerprint density at radius 2 is 0.759 bits per heavy atom. The van der Waals surface area contributed by atoms with Gasteiger partial charge >= 0.3 is 0 Å². The molecule has 6 aromatic rings. The van der Waals surface area contributed by atoms with E-state index in [4.69, 9.17) is 9.97 Å². The lowest BCUT2D eigenvalue weighted by atomic mass is 9.70. The van der Waals surface area contributed by atoms with E-state index in [9.17, 15) is 9.59 Å². The first kappa shape index (κ1) is 36.7. The Hall–Kier alpha value is -6.92. The molecule has 0 amide bonds. The number of rotatable bonds is 4. The molecule has 2 N–H and O–H groups in total. The molecule has 0 fully saturated rings. The number of ketones is 2. The van der Waals surface area contributed by atoms with E-state index >= 15 is 0 Å². The molecule has 9 rings (SSSR count). The van der Waals surface area contributed by atoms with Crippen LogP contribution in [0.3, 0.4) is 0 Å². The molecule has 5 heterocycles. The molecule has 0 saturated heterocycles. The van der Waals surface area contributed by atoms with Crippen molar-refractivity contribution in [1.29, 1.82) is 0 Å². The average molecular weight is 757 g/mol. The molecule has 6 heteroatoms. The van der Waals surface area contributed by atoms with E-state index in [1.807, 2.05) is 96.2 Å². The number of hydrogen-bond donors (Lipinski definition) is 2. The fourth-order valence-electron chi connectivity index (χ4n) is 8.35. The summed E-state index contributed by atoms with van der Waals surface area (Å²) in [6.45, 7) is 11.9. The van der Waals surface area contributed by atoms with E-state index in [0.29, 0.717) is 22.4 Å². The molecule has 284 valence electrons. The third kappa shape index (κ3) is 6.41. The molecule has 8 bridgehead atoms. The predicted octanol–water partition coefficient (Wildman–Crippen LogP) is 12.6. The minimum atomic E-state index is -0.652. The summed E-state index contributed by atoms with van der Waals surface area (Å²) in [4.78, 5) is 46.6. The number of nitrogens with one attached hydrogen (secondary N) is 2. The second-order valence-corrected chi connectivity index (χ2v) is 17.1. The molecule has 0 radical (unpaired) electrons. The van der Waals surface area contributed by atoms with Crippen LogP contribution in [0.15, 0.2) is 132 Å². The number of aromatic amines is 2. The lowest BCUT2D eigenvalue weighted by Crippen LogP contribution is -2.34. The summed E-state index contributed by atoms with van der Waals surface area (Å²) in [5.74, 6) is -0.927. The molecule has 3 aromatic heterocycles. The van der Waals surface area contributed by atoms with E-state index in [0.717, 1.165) is 78.1 Å². The highest BCUT2D eigenvalue weighted by atomic mass is 16.2. The van der Waals surface area contributed by atoms with Crippen molar-refractivity contribution in [3.8, 4) is 33.4 Å². The number of benzene rings is 3. The maximum atomic E-state index is 14.4. The van der Waals surface area contributed by atoms with Crippen LogP contribution in [-0.4, -0.2) is 31.5 Å². The Bertz CT molecular complexity index is 2920. The highest BCUT2D eigenvalue weighted by Gasteiger charge is 2.40. The first-order valence-corrected chi connectivity index (χ1v) is 19.8. The van der Waals surface area contributed by atoms with Crippen LogP contribution in [-0.2, 0) is 9.59 Å². The van der Waals surface area contributed by atoms with E-state index in [1.165, 1.54) is 0 Å². The molecular formula is C52H44N4O2. The van der Waals surface area contributed by atoms with Crippen LogP contribution in [0.2, 0.25) is 0 Å². The van der Waals surface area contributed by atoms with Crippen LogP contribution in [0, 0.1) is 10.8 Å². The van der Waals surface area contributed by atoms with Crippen LogP contribution in [0.1, 0.15) is 69.9 Å². The maximum absolute atomic E-state index is 14.4. The number of nitrogens with zero attached hydrogens (tertiary/aromatic N) is 2. The monoisotopic (exact) mass is 756 g/mol. The Labute approximate surface area is 338 Å². The smallest absolute Gasteiger partial charge is 0.230 e. The van der Waals surface area contributed by atoms with Crippen LogP contribution < -0.4 is 0 Å². The lowest BCUT2D eigenvalue weighted by Gasteiger charge is -2.32. The van der Waals surface area contributed by atoms with Crippen LogP contribution in [0.5, 0.6) is 0 Å². The summed E-state index contributed by atoms with van der Waals surface area (Å²) >= 11 is 0. The molecule has 0 spiro atoms. The van der Waals surface area contributed by atoms with Gasteiger partial charge in [-0.3, -0.25) is 9.59 Å². The molecule has 6 nitrogen and oxygen atoms in total. The molecule has 0 unspecified atom stereocenters. The summed E-state index contributed by atoms with van der Waals surface area (Å²) < 4.78 is 0. The van der Waals surface area contributed by atoms with Crippen molar-refractivity contribution in [1.82, 2.24) is 19.9 Å². The Kier molecular flexibility index (Phi) is 8.81. The first-order valence-electron chi connectivity index (χ1n) is 19.8. The molecule has 1 aliphatic carbocycles. The van der Waals surface area contributed by atoms with Crippen molar-refractivity contribution in [2.75, 3.05) is 0 Å². The van der Waals surface area contributed by atoms with Crippen molar-refractivity contribution in [3.63, 3.8) is 0 Å². The van der Waals surface area contributed by atoms with Gasteiger partial charge < -0.3 is 9.97 Å². The molecule has 58 heavy (non-hydrogen) atoms. The van der Waals surface area contributed by atoms with Gasteiger partial charge in [-0.2, -0.15) is 0 Å². The van der Waals surface area contributed by atoms with E-state index in [2.05, 4.69) is 101 Å². The Morgan fingerprint density at radius 3 is 1.10 bits per heavy atom. The minimum absolute atomic E-state index is 0.454. The predicted molar refractivity (Wildman–Crippen MR) is 239 cm³/mol. The van der Waals surface area contributed by atoms with Gasteiger partial charge in [0.05, 0.1) is 22.8 Å². The molecule has 3 aromatic carbocycles. The average Bonchev–Trinajstić information content (AvgIpc) is 4.04. The lowest BCUT2D eigenvalue weighted by molar-refractivity contribution is -0.133. The van der Waals surface area contributed by atoms with Crippen molar-refractivity contribution in [3.05, 3.63) is 161 Å². The number of carbonyl (C=O) groups is 2. The summed E-state index contributed by atoms with van der Waals surface area (Å²) in [5, 5.41) is 0. The zero-order valence-electron chi connectivity index (χ0n) is 33.6. The number of fused-ring (bicyclic) bond motifs is 8. The maximum Gasteiger partial charge on any atom is 0.230 e. The second kappa shape index (κ2) is 13.9. The SMILES string of the molecule is CC(C)(C)C1=CC(c2c3nc(c(-c4ccccc4)c4ccc([nH]4)c(-c4ccccc4)c4nc(c(-c5ccccc5)c5ccc2[nH]5)C=C4)C=C3)=C(C(C)(C)C)C(=O)C1=O. The number of aromatic nitrogens is 4. The third-order valence-electron chi connectivity index (χ3n) is 11.0. The van der Waals surface area contributed by atoms with Gasteiger partial charge in [0, 0.05) is 55.5 Å². The fourth-order valence-corrected chi connectivity index (χ4v) is 8.35. The summed E-state index contributed by atoms with van der Waals surface area (Å²) in [7, 11) is 0. The van der Waals surface area contributed by atoms with E-state index in [1.54, 1.807) is 0 Å². The van der Waals surface area contributed by atoms with Crippen LogP contribution in [0.4, 0.5) is 0 Å². The largest absolute Gasteiger partial charge is 0.354 e. The zero-order valence-corrected chi connectivity index (χ0v) is 33.6. The van der Waals surface area contributed by atoms with Gasteiger partial charge in [-0.15, -0.1) is 0 Å². The van der Waals surface area contributed by atoms with Gasteiger partial charge in [0.2, 0.25) is 11.6 Å². The van der Waals surface area contributed by atoms with Gasteiger partial charge in [-0.25, -0.2) is 9.97 Å². The van der Waals surface area contributed by atoms with Crippen molar-refractivity contribution in [2.45, 2.75) is 41.5 Å². The molecule has 0 saturated carbocycles. The first-order chi connectivity index (χ1) is 27.9. The third-order valence-corrected chi connectivity index (χ3v) is 11.0. The molecule has 3 aliphatic rings. The van der Waals surface area contributed by atoms with Crippen molar-refractivity contribution in [2.24, 2.45) is 10.8 Å². The van der Waals surface area contributed by atoms with Crippen LogP contribution >= 0.6 is 0 Å². The minimum Gasteiger partial charge on any atom is -0.354 e. The second-order valence-electron chi connectivity index (χ2n) is 17.1.